The average molecular weight is 189 g/mol. The molecule has 0 heterocycles. The number of hydrogen-bond acceptors (Lipinski definition) is 1. The molecule has 0 radical (unpaired) electrons. The molecule has 0 amide bonds. The van der Waals surface area contributed by atoms with E-state index in [1.807, 2.05) is 6.08 Å². The molecule has 1 aromatic rings. The zero-order valence-electron chi connectivity index (χ0n) is 9.09. The lowest BCUT2D eigenvalue weighted by molar-refractivity contribution is 0.537. The molecular formula is C13H19N. The smallest absolute Gasteiger partial charge is 0.0317 e. The van der Waals surface area contributed by atoms with E-state index in [0.29, 0.717) is 6.04 Å². The minimum absolute atomic E-state index is 0.472. The standard InChI is InChI=1S/C13H19N/c1-4-11-8-7-9-12(10-11)13(5-2)14-6-3/h4,7-10,13-14H,1,5-6H2,2-3H3. The van der Waals surface area contributed by atoms with Gasteiger partial charge < -0.3 is 5.32 Å². The van der Waals surface area contributed by atoms with Crippen molar-refractivity contribution in [3.05, 3.63) is 42.0 Å². The van der Waals surface area contributed by atoms with Gasteiger partial charge in [0, 0.05) is 6.04 Å². The molecule has 0 aliphatic carbocycles. The summed E-state index contributed by atoms with van der Waals surface area (Å²) in [7, 11) is 0. The second kappa shape index (κ2) is 5.61. The van der Waals surface area contributed by atoms with Gasteiger partial charge in [0.15, 0.2) is 0 Å². The van der Waals surface area contributed by atoms with Crippen LogP contribution in [0.4, 0.5) is 0 Å². The molecule has 0 saturated carbocycles. The Kier molecular flexibility index (Phi) is 4.41. The van der Waals surface area contributed by atoms with Gasteiger partial charge in [-0.25, -0.2) is 0 Å². The SMILES string of the molecule is C=Cc1cccc(C(CC)NCC)c1. The van der Waals surface area contributed by atoms with Crippen molar-refractivity contribution in [3.63, 3.8) is 0 Å². The number of rotatable bonds is 5. The molecule has 1 unspecified atom stereocenters. The first kappa shape index (κ1) is 11.0. The number of hydrogen-bond donors (Lipinski definition) is 1. The Morgan fingerprint density at radius 2 is 2.21 bits per heavy atom. The minimum Gasteiger partial charge on any atom is -0.310 e. The summed E-state index contributed by atoms with van der Waals surface area (Å²) in [4.78, 5) is 0. The van der Waals surface area contributed by atoms with Crippen LogP contribution in [0.2, 0.25) is 0 Å². The van der Waals surface area contributed by atoms with Gasteiger partial charge in [0.1, 0.15) is 0 Å². The molecule has 1 nitrogen and oxygen atoms in total. The van der Waals surface area contributed by atoms with Crippen LogP contribution in [0.25, 0.3) is 6.08 Å². The van der Waals surface area contributed by atoms with Crippen LogP contribution < -0.4 is 5.32 Å². The van der Waals surface area contributed by atoms with Gasteiger partial charge in [0.2, 0.25) is 0 Å². The van der Waals surface area contributed by atoms with Crippen molar-refractivity contribution in [1.82, 2.24) is 5.32 Å². The van der Waals surface area contributed by atoms with Gasteiger partial charge in [0.25, 0.3) is 0 Å². The van der Waals surface area contributed by atoms with E-state index in [9.17, 15) is 0 Å². The van der Waals surface area contributed by atoms with Crippen molar-refractivity contribution in [2.24, 2.45) is 0 Å². The Balaban J connectivity index is 2.86. The third kappa shape index (κ3) is 2.71. The first-order chi connectivity index (χ1) is 6.81. The average Bonchev–Trinajstić information content (AvgIpc) is 2.26. The molecule has 0 spiro atoms. The summed E-state index contributed by atoms with van der Waals surface area (Å²) in [5.41, 5.74) is 2.55. The largest absolute Gasteiger partial charge is 0.310 e. The van der Waals surface area contributed by atoms with E-state index in [0.717, 1.165) is 13.0 Å². The lowest BCUT2D eigenvalue weighted by Gasteiger charge is -2.16. The molecule has 1 aromatic carbocycles. The third-order valence-electron chi connectivity index (χ3n) is 2.41. The van der Waals surface area contributed by atoms with E-state index in [1.165, 1.54) is 11.1 Å². The summed E-state index contributed by atoms with van der Waals surface area (Å²) in [5.74, 6) is 0. The number of nitrogens with one attached hydrogen (secondary N) is 1. The van der Waals surface area contributed by atoms with E-state index in [-0.39, 0.29) is 0 Å². The summed E-state index contributed by atoms with van der Waals surface area (Å²) in [5, 5.41) is 3.47. The first-order valence-corrected chi connectivity index (χ1v) is 5.27. The molecule has 0 aliphatic rings. The molecule has 0 aliphatic heterocycles. The lowest BCUT2D eigenvalue weighted by atomic mass is 10.0. The molecule has 1 rings (SSSR count). The van der Waals surface area contributed by atoms with Crippen molar-refractivity contribution < 1.29 is 0 Å². The van der Waals surface area contributed by atoms with E-state index in [1.54, 1.807) is 0 Å². The molecule has 1 N–H and O–H groups in total. The van der Waals surface area contributed by atoms with E-state index in [2.05, 4.69) is 50.0 Å². The molecular weight excluding hydrogens is 170 g/mol. The fourth-order valence-corrected chi connectivity index (χ4v) is 1.65. The maximum absolute atomic E-state index is 3.78. The Morgan fingerprint density at radius 1 is 1.43 bits per heavy atom. The zero-order valence-corrected chi connectivity index (χ0v) is 9.09. The monoisotopic (exact) mass is 189 g/mol. The van der Waals surface area contributed by atoms with Gasteiger partial charge in [-0.15, -0.1) is 0 Å². The van der Waals surface area contributed by atoms with Crippen LogP contribution in [0.5, 0.6) is 0 Å². The summed E-state index contributed by atoms with van der Waals surface area (Å²) >= 11 is 0. The molecule has 1 heteroatoms. The molecule has 76 valence electrons. The summed E-state index contributed by atoms with van der Waals surface area (Å²) in [6, 6.07) is 9.01. The van der Waals surface area contributed by atoms with Crippen molar-refractivity contribution in [3.8, 4) is 0 Å². The molecule has 0 aromatic heterocycles. The highest BCUT2D eigenvalue weighted by Crippen LogP contribution is 2.17. The van der Waals surface area contributed by atoms with Crippen LogP contribution in [-0.2, 0) is 0 Å². The van der Waals surface area contributed by atoms with Gasteiger partial charge in [-0.3, -0.25) is 0 Å². The van der Waals surface area contributed by atoms with E-state index >= 15 is 0 Å². The van der Waals surface area contributed by atoms with Crippen molar-refractivity contribution in [2.75, 3.05) is 6.54 Å². The fraction of sp³-hybridized carbons (Fsp3) is 0.385. The Bertz CT molecular complexity index is 291. The maximum atomic E-state index is 3.78. The van der Waals surface area contributed by atoms with Crippen LogP contribution in [0, 0.1) is 0 Å². The second-order valence-corrected chi connectivity index (χ2v) is 3.39. The quantitative estimate of drug-likeness (QED) is 0.748. The molecule has 14 heavy (non-hydrogen) atoms. The molecule has 1 atom stereocenters. The van der Waals surface area contributed by atoms with E-state index in [4.69, 9.17) is 0 Å². The van der Waals surface area contributed by atoms with Crippen LogP contribution in [0.1, 0.15) is 37.4 Å². The Labute approximate surface area is 86.8 Å². The van der Waals surface area contributed by atoms with Crippen molar-refractivity contribution >= 4 is 6.08 Å². The van der Waals surface area contributed by atoms with Gasteiger partial charge in [-0.1, -0.05) is 50.8 Å². The maximum Gasteiger partial charge on any atom is 0.0317 e. The number of benzene rings is 1. The van der Waals surface area contributed by atoms with E-state index < -0.39 is 0 Å². The fourth-order valence-electron chi connectivity index (χ4n) is 1.65. The normalized spacial score (nSPS) is 12.4. The third-order valence-corrected chi connectivity index (χ3v) is 2.41. The lowest BCUT2D eigenvalue weighted by Crippen LogP contribution is -2.19. The summed E-state index contributed by atoms with van der Waals surface area (Å²) in [6.07, 6.45) is 3.01. The molecule has 0 saturated heterocycles. The van der Waals surface area contributed by atoms with Gasteiger partial charge in [-0.2, -0.15) is 0 Å². The van der Waals surface area contributed by atoms with Gasteiger partial charge >= 0.3 is 0 Å². The second-order valence-electron chi connectivity index (χ2n) is 3.39. The van der Waals surface area contributed by atoms with Crippen LogP contribution in [0.15, 0.2) is 30.8 Å². The highest BCUT2D eigenvalue weighted by molar-refractivity contribution is 5.48. The highest BCUT2D eigenvalue weighted by atomic mass is 14.9. The van der Waals surface area contributed by atoms with Gasteiger partial charge in [-0.05, 0) is 24.1 Å². The first-order valence-electron chi connectivity index (χ1n) is 5.27. The van der Waals surface area contributed by atoms with Gasteiger partial charge in [0.05, 0.1) is 0 Å². The Hall–Kier alpha value is -1.08. The van der Waals surface area contributed by atoms with Crippen LogP contribution in [-0.4, -0.2) is 6.54 Å². The van der Waals surface area contributed by atoms with Crippen molar-refractivity contribution in [2.45, 2.75) is 26.3 Å². The topological polar surface area (TPSA) is 12.0 Å². The minimum atomic E-state index is 0.472. The van der Waals surface area contributed by atoms with Crippen LogP contribution >= 0.6 is 0 Å². The zero-order chi connectivity index (χ0) is 10.4. The predicted octanol–water partition coefficient (Wildman–Crippen LogP) is 3.39. The molecule has 0 fully saturated rings. The summed E-state index contributed by atoms with van der Waals surface area (Å²) < 4.78 is 0. The Morgan fingerprint density at radius 3 is 2.79 bits per heavy atom. The van der Waals surface area contributed by atoms with Crippen LogP contribution in [0.3, 0.4) is 0 Å². The predicted molar refractivity (Wildman–Crippen MR) is 63.2 cm³/mol. The summed E-state index contributed by atoms with van der Waals surface area (Å²) in [6.45, 7) is 9.13. The molecule has 0 bridgehead atoms. The van der Waals surface area contributed by atoms with Crippen molar-refractivity contribution in [1.29, 1.82) is 0 Å². The highest BCUT2D eigenvalue weighted by Gasteiger charge is 2.06.